The number of aromatic nitrogens is 2. The summed E-state index contributed by atoms with van der Waals surface area (Å²) in [6.45, 7) is 2.30. The molecule has 4 rings (SSSR count). The summed E-state index contributed by atoms with van der Waals surface area (Å²) in [6.07, 6.45) is 2.20. The van der Waals surface area contributed by atoms with Gasteiger partial charge in [0.2, 0.25) is 11.7 Å². The first-order chi connectivity index (χ1) is 12.1. The minimum Gasteiger partial charge on any atom is -0.338 e. The van der Waals surface area contributed by atoms with E-state index in [1.165, 1.54) is 17.2 Å². The zero-order chi connectivity index (χ0) is 17.4. The molecule has 0 aliphatic heterocycles. The molecule has 1 atom stereocenters. The van der Waals surface area contributed by atoms with Crippen LogP contribution in [0.5, 0.6) is 0 Å². The number of rotatable bonds is 4. The van der Waals surface area contributed by atoms with Gasteiger partial charge in [0.1, 0.15) is 5.82 Å². The molecule has 0 radical (unpaired) electrons. The fourth-order valence-corrected chi connectivity index (χ4v) is 3.48. The molecule has 0 amide bonds. The highest BCUT2D eigenvalue weighted by atomic mass is 19.1. The van der Waals surface area contributed by atoms with E-state index >= 15 is 0 Å². The zero-order valence-electron chi connectivity index (χ0n) is 14.4. The average molecular weight is 337 g/mol. The summed E-state index contributed by atoms with van der Waals surface area (Å²) < 4.78 is 19.1. The second kappa shape index (κ2) is 6.41. The molecule has 0 bridgehead atoms. The number of fused-ring (bicyclic) bond motifs is 1. The van der Waals surface area contributed by atoms with Crippen LogP contribution >= 0.6 is 0 Å². The first kappa shape index (κ1) is 16.0. The molecule has 3 aromatic rings. The molecule has 2 aromatic carbocycles. The number of hydrogen-bond donors (Lipinski definition) is 0. The van der Waals surface area contributed by atoms with Crippen LogP contribution in [-0.4, -0.2) is 22.1 Å². The Morgan fingerprint density at radius 3 is 2.92 bits per heavy atom. The van der Waals surface area contributed by atoms with Crippen molar-refractivity contribution in [2.75, 3.05) is 7.05 Å². The molecular weight excluding hydrogens is 317 g/mol. The molecule has 0 spiro atoms. The van der Waals surface area contributed by atoms with Crippen LogP contribution in [0.25, 0.3) is 11.4 Å². The van der Waals surface area contributed by atoms with E-state index in [0.29, 0.717) is 35.4 Å². The minimum atomic E-state index is -0.261. The van der Waals surface area contributed by atoms with Crippen LogP contribution in [0.2, 0.25) is 0 Å². The van der Waals surface area contributed by atoms with Crippen LogP contribution in [0, 0.1) is 12.7 Å². The van der Waals surface area contributed by atoms with Gasteiger partial charge in [0, 0.05) is 11.6 Å². The molecule has 0 saturated heterocycles. The van der Waals surface area contributed by atoms with Crippen molar-refractivity contribution in [2.45, 2.75) is 32.4 Å². The molecule has 25 heavy (non-hydrogen) atoms. The third-order valence-electron chi connectivity index (χ3n) is 4.92. The molecule has 1 aliphatic carbocycles. The third-order valence-corrected chi connectivity index (χ3v) is 4.92. The van der Waals surface area contributed by atoms with Gasteiger partial charge in [-0.25, -0.2) is 4.39 Å². The average Bonchev–Trinajstić information content (AvgIpc) is 3.24. The van der Waals surface area contributed by atoms with Gasteiger partial charge in [-0.2, -0.15) is 4.98 Å². The quantitative estimate of drug-likeness (QED) is 0.712. The van der Waals surface area contributed by atoms with Crippen molar-refractivity contribution in [1.82, 2.24) is 15.0 Å². The number of benzene rings is 2. The van der Waals surface area contributed by atoms with Crippen molar-refractivity contribution in [3.8, 4) is 11.4 Å². The predicted molar refractivity (Wildman–Crippen MR) is 93.4 cm³/mol. The van der Waals surface area contributed by atoms with E-state index in [1.807, 2.05) is 6.07 Å². The molecule has 1 aliphatic rings. The highest BCUT2D eigenvalue weighted by molar-refractivity contribution is 5.54. The van der Waals surface area contributed by atoms with Crippen LogP contribution in [0.1, 0.15) is 35.0 Å². The number of nitrogens with zero attached hydrogens (tertiary/aromatic N) is 3. The summed E-state index contributed by atoms with van der Waals surface area (Å²) in [4.78, 5) is 6.67. The normalized spacial score (nSPS) is 16.4. The fourth-order valence-electron chi connectivity index (χ4n) is 3.48. The second-order valence-corrected chi connectivity index (χ2v) is 6.64. The van der Waals surface area contributed by atoms with E-state index in [4.69, 9.17) is 4.52 Å². The summed E-state index contributed by atoms with van der Waals surface area (Å²) in [7, 11) is 2.07. The topological polar surface area (TPSA) is 42.2 Å². The van der Waals surface area contributed by atoms with Crippen LogP contribution in [0.3, 0.4) is 0 Å². The monoisotopic (exact) mass is 337 g/mol. The summed E-state index contributed by atoms with van der Waals surface area (Å²) in [5.74, 6) is 0.709. The largest absolute Gasteiger partial charge is 0.338 e. The lowest BCUT2D eigenvalue weighted by Crippen LogP contribution is -2.22. The Labute approximate surface area is 146 Å². The van der Waals surface area contributed by atoms with E-state index in [9.17, 15) is 4.39 Å². The molecule has 0 saturated carbocycles. The number of hydrogen-bond acceptors (Lipinski definition) is 4. The van der Waals surface area contributed by atoms with Crippen molar-refractivity contribution in [3.63, 3.8) is 0 Å². The Kier molecular flexibility index (Phi) is 4.09. The Bertz CT molecular complexity index is 905. The van der Waals surface area contributed by atoms with E-state index in [-0.39, 0.29) is 5.82 Å². The van der Waals surface area contributed by atoms with Crippen LogP contribution in [0.4, 0.5) is 4.39 Å². The van der Waals surface area contributed by atoms with Crippen LogP contribution in [0.15, 0.2) is 47.0 Å². The van der Waals surface area contributed by atoms with Gasteiger partial charge >= 0.3 is 0 Å². The first-order valence-electron chi connectivity index (χ1n) is 8.49. The third kappa shape index (κ3) is 3.07. The Hall–Kier alpha value is -2.53. The highest BCUT2D eigenvalue weighted by Gasteiger charge is 2.26. The molecule has 1 heterocycles. The molecule has 0 fully saturated rings. The maximum absolute atomic E-state index is 13.7. The molecule has 1 unspecified atom stereocenters. The van der Waals surface area contributed by atoms with Crippen molar-refractivity contribution in [3.05, 3.63) is 70.9 Å². The van der Waals surface area contributed by atoms with E-state index in [2.05, 4.69) is 46.4 Å². The van der Waals surface area contributed by atoms with Crippen LogP contribution in [-0.2, 0) is 13.0 Å². The van der Waals surface area contributed by atoms with Gasteiger partial charge in [-0.15, -0.1) is 0 Å². The minimum absolute atomic E-state index is 0.261. The first-order valence-corrected chi connectivity index (χ1v) is 8.49. The van der Waals surface area contributed by atoms with Gasteiger partial charge in [-0.1, -0.05) is 41.6 Å². The van der Waals surface area contributed by atoms with Crippen molar-refractivity contribution >= 4 is 0 Å². The Morgan fingerprint density at radius 2 is 2.08 bits per heavy atom. The lowest BCUT2D eigenvalue weighted by Gasteiger charge is -2.23. The lowest BCUT2D eigenvalue weighted by atomic mass is 10.1. The molecule has 4 nitrogen and oxygen atoms in total. The fraction of sp³-hybridized carbons (Fsp3) is 0.300. The smallest absolute Gasteiger partial charge is 0.241 e. The molecule has 0 N–H and O–H groups in total. The van der Waals surface area contributed by atoms with Gasteiger partial charge in [0.25, 0.3) is 0 Å². The van der Waals surface area contributed by atoms with Gasteiger partial charge in [-0.05, 0) is 49.6 Å². The van der Waals surface area contributed by atoms with Gasteiger partial charge in [-0.3, -0.25) is 4.90 Å². The molecule has 5 heteroatoms. The predicted octanol–water partition coefficient (Wildman–Crippen LogP) is 4.30. The summed E-state index contributed by atoms with van der Waals surface area (Å²) in [5, 5.41) is 4.00. The SMILES string of the molecule is Cc1ccc(-c2noc(CN(C)C3CCc4ccccc43)n2)cc1F. The van der Waals surface area contributed by atoms with Crippen molar-refractivity contribution < 1.29 is 8.91 Å². The highest BCUT2D eigenvalue weighted by Crippen LogP contribution is 2.35. The van der Waals surface area contributed by atoms with Crippen LogP contribution < -0.4 is 0 Å². The molecular formula is C20H20FN3O. The number of halogens is 1. The summed E-state index contributed by atoms with van der Waals surface area (Å²) >= 11 is 0. The second-order valence-electron chi connectivity index (χ2n) is 6.64. The Morgan fingerprint density at radius 1 is 1.24 bits per heavy atom. The molecule has 1 aromatic heterocycles. The standard InChI is InChI=1S/C20H20FN3O/c1-13-7-8-15(11-17(13)21)20-22-19(25-23-20)12-24(2)18-10-9-14-5-3-4-6-16(14)18/h3-8,11,18H,9-10,12H2,1-2H3. The van der Waals surface area contributed by atoms with Gasteiger partial charge in [0.05, 0.1) is 6.54 Å². The summed E-state index contributed by atoms with van der Waals surface area (Å²) in [6, 6.07) is 13.9. The van der Waals surface area contributed by atoms with E-state index < -0.39 is 0 Å². The van der Waals surface area contributed by atoms with E-state index in [1.54, 1.807) is 13.0 Å². The zero-order valence-corrected chi connectivity index (χ0v) is 14.4. The maximum atomic E-state index is 13.7. The molecule has 128 valence electrons. The van der Waals surface area contributed by atoms with Crippen molar-refractivity contribution in [1.29, 1.82) is 0 Å². The van der Waals surface area contributed by atoms with Gasteiger partial charge in [0.15, 0.2) is 0 Å². The number of aryl methyl sites for hydroxylation is 2. The summed E-state index contributed by atoms with van der Waals surface area (Å²) in [5.41, 5.74) is 4.03. The Balaban J connectivity index is 1.50. The van der Waals surface area contributed by atoms with Crippen molar-refractivity contribution in [2.24, 2.45) is 0 Å². The van der Waals surface area contributed by atoms with E-state index in [0.717, 1.165) is 12.8 Å². The maximum Gasteiger partial charge on any atom is 0.241 e. The van der Waals surface area contributed by atoms with Gasteiger partial charge < -0.3 is 4.52 Å². The lowest BCUT2D eigenvalue weighted by molar-refractivity contribution is 0.204.